The van der Waals surface area contributed by atoms with Crippen molar-refractivity contribution in [3.63, 3.8) is 0 Å². The molecule has 0 amide bonds. The molecule has 1 aliphatic rings. The minimum absolute atomic E-state index is 0.397. The average molecular weight is 219 g/mol. The van der Waals surface area contributed by atoms with E-state index >= 15 is 0 Å². The standard InChI is InChI=1S/C14H21NO/c1-11(12-6-2-3-7-12)15-10-13-8-4-5-9-14(13)16/h4-5,8-9,11-12,15-16H,2-3,6-7,10H2,1H3/t11-/m1/s1. The summed E-state index contributed by atoms with van der Waals surface area (Å²) < 4.78 is 0. The molecule has 2 rings (SSSR count). The SMILES string of the molecule is C[C@@H](NCc1ccccc1O)C1CCCC1. The number of para-hydroxylation sites is 1. The molecule has 1 atom stereocenters. The van der Waals surface area contributed by atoms with Crippen molar-refractivity contribution in [2.45, 2.75) is 45.2 Å². The lowest BCUT2D eigenvalue weighted by Gasteiger charge is -2.20. The molecule has 16 heavy (non-hydrogen) atoms. The third-order valence-electron chi connectivity index (χ3n) is 3.71. The van der Waals surface area contributed by atoms with E-state index in [4.69, 9.17) is 0 Å². The number of benzene rings is 1. The highest BCUT2D eigenvalue weighted by Gasteiger charge is 2.20. The molecule has 1 aromatic rings. The fourth-order valence-electron chi connectivity index (χ4n) is 2.56. The summed E-state index contributed by atoms with van der Waals surface area (Å²) in [6.07, 6.45) is 5.48. The molecule has 1 fully saturated rings. The molecular formula is C14H21NO. The summed E-state index contributed by atoms with van der Waals surface area (Å²) in [5.41, 5.74) is 0.993. The van der Waals surface area contributed by atoms with Gasteiger partial charge in [-0.3, -0.25) is 0 Å². The van der Waals surface area contributed by atoms with Gasteiger partial charge in [-0.25, -0.2) is 0 Å². The number of phenolic OH excluding ortho intramolecular Hbond substituents is 1. The van der Waals surface area contributed by atoms with E-state index in [0.717, 1.165) is 18.0 Å². The first-order valence-corrected chi connectivity index (χ1v) is 6.27. The summed E-state index contributed by atoms with van der Waals surface area (Å²) in [5.74, 6) is 1.22. The van der Waals surface area contributed by atoms with Gasteiger partial charge in [-0.15, -0.1) is 0 Å². The van der Waals surface area contributed by atoms with Crippen molar-refractivity contribution < 1.29 is 5.11 Å². The first kappa shape index (κ1) is 11.5. The summed E-state index contributed by atoms with van der Waals surface area (Å²) in [5, 5.41) is 13.2. The van der Waals surface area contributed by atoms with Crippen LogP contribution in [0.2, 0.25) is 0 Å². The maximum absolute atomic E-state index is 9.65. The highest BCUT2D eigenvalue weighted by molar-refractivity contribution is 5.31. The molecule has 0 saturated heterocycles. The van der Waals surface area contributed by atoms with E-state index in [1.165, 1.54) is 25.7 Å². The predicted octanol–water partition coefficient (Wildman–Crippen LogP) is 3.06. The van der Waals surface area contributed by atoms with Crippen LogP contribution in [0.1, 0.15) is 38.2 Å². The average Bonchev–Trinajstić information content (AvgIpc) is 2.81. The van der Waals surface area contributed by atoms with Crippen LogP contribution >= 0.6 is 0 Å². The molecule has 1 aliphatic carbocycles. The lowest BCUT2D eigenvalue weighted by molar-refractivity contribution is 0.376. The normalized spacial score (nSPS) is 18.8. The number of aromatic hydroxyl groups is 1. The van der Waals surface area contributed by atoms with Gasteiger partial charge in [-0.1, -0.05) is 31.0 Å². The maximum Gasteiger partial charge on any atom is 0.120 e. The van der Waals surface area contributed by atoms with Crippen LogP contribution in [0.5, 0.6) is 5.75 Å². The van der Waals surface area contributed by atoms with Crippen molar-refractivity contribution in [2.24, 2.45) is 5.92 Å². The predicted molar refractivity (Wildman–Crippen MR) is 66.4 cm³/mol. The van der Waals surface area contributed by atoms with Gasteiger partial charge in [0.25, 0.3) is 0 Å². The van der Waals surface area contributed by atoms with Crippen LogP contribution in [0.3, 0.4) is 0 Å². The summed E-state index contributed by atoms with van der Waals surface area (Å²) in [4.78, 5) is 0. The number of hydrogen-bond acceptors (Lipinski definition) is 2. The van der Waals surface area contributed by atoms with Crippen molar-refractivity contribution in [3.8, 4) is 5.75 Å². The van der Waals surface area contributed by atoms with Gasteiger partial charge < -0.3 is 10.4 Å². The van der Waals surface area contributed by atoms with Gasteiger partial charge in [-0.2, -0.15) is 0 Å². The Kier molecular flexibility index (Phi) is 3.83. The molecule has 88 valence electrons. The zero-order chi connectivity index (χ0) is 11.4. The Bertz CT molecular complexity index is 331. The molecule has 0 aliphatic heterocycles. The first-order valence-electron chi connectivity index (χ1n) is 6.27. The Morgan fingerprint density at radius 3 is 2.69 bits per heavy atom. The molecule has 0 aromatic heterocycles. The van der Waals surface area contributed by atoms with E-state index in [0.29, 0.717) is 11.8 Å². The van der Waals surface area contributed by atoms with Crippen LogP contribution < -0.4 is 5.32 Å². The van der Waals surface area contributed by atoms with Crippen LogP contribution in [0.4, 0.5) is 0 Å². The molecule has 2 heteroatoms. The third kappa shape index (κ3) is 2.76. The molecule has 1 saturated carbocycles. The van der Waals surface area contributed by atoms with Gasteiger partial charge in [0.05, 0.1) is 0 Å². The van der Waals surface area contributed by atoms with Crippen molar-refractivity contribution in [3.05, 3.63) is 29.8 Å². The maximum atomic E-state index is 9.65. The topological polar surface area (TPSA) is 32.3 Å². The molecule has 0 unspecified atom stereocenters. The number of phenols is 1. The van der Waals surface area contributed by atoms with E-state index in [-0.39, 0.29) is 0 Å². The smallest absolute Gasteiger partial charge is 0.120 e. The number of rotatable bonds is 4. The quantitative estimate of drug-likeness (QED) is 0.815. The van der Waals surface area contributed by atoms with Crippen LogP contribution in [0.15, 0.2) is 24.3 Å². The Labute approximate surface area is 97.7 Å². The second-order valence-electron chi connectivity index (χ2n) is 4.84. The molecule has 0 heterocycles. The van der Waals surface area contributed by atoms with E-state index in [9.17, 15) is 5.11 Å². The Hall–Kier alpha value is -1.02. The van der Waals surface area contributed by atoms with Gasteiger partial charge in [0.2, 0.25) is 0 Å². The van der Waals surface area contributed by atoms with Gasteiger partial charge in [0.1, 0.15) is 5.75 Å². The van der Waals surface area contributed by atoms with Crippen LogP contribution in [-0.4, -0.2) is 11.1 Å². The fraction of sp³-hybridized carbons (Fsp3) is 0.571. The zero-order valence-corrected chi connectivity index (χ0v) is 9.95. The lowest BCUT2D eigenvalue weighted by atomic mass is 9.99. The van der Waals surface area contributed by atoms with E-state index in [1.54, 1.807) is 6.07 Å². The highest BCUT2D eigenvalue weighted by Crippen LogP contribution is 2.27. The fourth-order valence-corrected chi connectivity index (χ4v) is 2.56. The summed E-state index contributed by atoms with van der Waals surface area (Å²) >= 11 is 0. The molecular weight excluding hydrogens is 198 g/mol. The van der Waals surface area contributed by atoms with Crippen molar-refractivity contribution >= 4 is 0 Å². The summed E-state index contributed by atoms with van der Waals surface area (Å²) in [6, 6.07) is 8.11. The lowest BCUT2D eigenvalue weighted by Crippen LogP contribution is -2.31. The Morgan fingerprint density at radius 1 is 1.31 bits per heavy atom. The van der Waals surface area contributed by atoms with Crippen molar-refractivity contribution in [1.82, 2.24) is 5.32 Å². The van der Waals surface area contributed by atoms with Crippen LogP contribution in [0.25, 0.3) is 0 Å². The number of hydrogen-bond donors (Lipinski definition) is 2. The first-order chi connectivity index (χ1) is 7.77. The minimum atomic E-state index is 0.397. The van der Waals surface area contributed by atoms with E-state index in [1.807, 2.05) is 18.2 Å². The molecule has 2 N–H and O–H groups in total. The van der Waals surface area contributed by atoms with Crippen molar-refractivity contribution in [1.29, 1.82) is 0 Å². The van der Waals surface area contributed by atoms with E-state index in [2.05, 4.69) is 12.2 Å². The molecule has 1 aromatic carbocycles. The summed E-state index contributed by atoms with van der Waals surface area (Å²) in [7, 11) is 0. The number of nitrogens with one attached hydrogen (secondary N) is 1. The molecule has 0 spiro atoms. The second kappa shape index (κ2) is 5.35. The summed E-state index contributed by atoms with van der Waals surface area (Å²) in [6.45, 7) is 3.03. The van der Waals surface area contributed by atoms with Crippen molar-refractivity contribution in [2.75, 3.05) is 0 Å². The second-order valence-corrected chi connectivity index (χ2v) is 4.84. The van der Waals surface area contributed by atoms with Gasteiger partial charge in [0, 0.05) is 18.2 Å². The molecule has 2 nitrogen and oxygen atoms in total. The Balaban J connectivity index is 1.84. The third-order valence-corrected chi connectivity index (χ3v) is 3.71. The van der Waals surface area contributed by atoms with Crippen LogP contribution in [-0.2, 0) is 6.54 Å². The Morgan fingerprint density at radius 2 is 2.00 bits per heavy atom. The van der Waals surface area contributed by atoms with Gasteiger partial charge in [0.15, 0.2) is 0 Å². The van der Waals surface area contributed by atoms with Gasteiger partial charge >= 0.3 is 0 Å². The minimum Gasteiger partial charge on any atom is -0.508 e. The highest BCUT2D eigenvalue weighted by atomic mass is 16.3. The van der Waals surface area contributed by atoms with Crippen LogP contribution in [0, 0.1) is 5.92 Å². The molecule has 0 radical (unpaired) electrons. The molecule has 0 bridgehead atoms. The van der Waals surface area contributed by atoms with Gasteiger partial charge in [-0.05, 0) is 31.7 Å². The monoisotopic (exact) mass is 219 g/mol. The largest absolute Gasteiger partial charge is 0.508 e. The zero-order valence-electron chi connectivity index (χ0n) is 9.95. The van der Waals surface area contributed by atoms with E-state index < -0.39 is 0 Å².